The number of hydrogen-bond donors (Lipinski definition) is 2. The Morgan fingerprint density at radius 1 is 1.14 bits per heavy atom. The highest BCUT2D eigenvalue weighted by Crippen LogP contribution is 2.27. The van der Waals surface area contributed by atoms with Crippen molar-refractivity contribution in [1.82, 2.24) is 5.32 Å². The average molecular weight is 337 g/mol. The number of benzene rings is 2. The van der Waals surface area contributed by atoms with Crippen molar-refractivity contribution in [3.05, 3.63) is 53.1 Å². The summed E-state index contributed by atoms with van der Waals surface area (Å²) in [6, 6.07) is 13.2. The summed E-state index contributed by atoms with van der Waals surface area (Å²) in [7, 11) is 3.22. The van der Waals surface area contributed by atoms with E-state index in [1.807, 2.05) is 30.3 Å². The molecule has 0 radical (unpaired) electrons. The molecule has 0 bridgehead atoms. The molecule has 2 rings (SSSR count). The zero-order valence-electron chi connectivity index (χ0n) is 12.4. The summed E-state index contributed by atoms with van der Waals surface area (Å²) in [6.07, 6.45) is 0. The van der Waals surface area contributed by atoms with Crippen molar-refractivity contribution in [3.63, 3.8) is 0 Å². The number of thiocarbonyl (C=S) groups is 1. The van der Waals surface area contributed by atoms with E-state index in [2.05, 4.69) is 10.6 Å². The van der Waals surface area contributed by atoms with Crippen molar-refractivity contribution >= 4 is 34.6 Å². The van der Waals surface area contributed by atoms with Gasteiger partial charge >= 0.3 is 0 Å². The summed E-state index contributed by atoms with van der Waals surface area (Å²) in [6.45, 7) is 0.604. The van der Waals surface area contributed by atoms with Gasteiger partial charge < -0.3 is 20.1 Å². The Balaban J connectivity index is 1.91. The fourth-order valence-electron chi connectivity index (χ4n) is 1.88. The fraction of sp³-hybridized carbons (Fsp3) is 0.188. The molecule has 4 nitrogen and oxygen atoms in total. The second-order valence-electron chi connectivity index (χ2n) is 4.51. The molecule has 116 valence electrons. The molecule has 0 amide bonds. The number of rotatable bonds is 5. The second-order valence-corrected chi connectivity index (χ2v) is 5.32. The molecule has 6 heteroatoms. The number of nitrogens with one attached hydrogen (secondary N) is 2. The van der Waals surface area contributed by atoms with Crippen LogP contribution in [-0.2, 0) is 6.54 Å². The van der Waals surface area contributed by atoms with E-state index in [0.29, 0.717) is 22.4 Å². The van der Waals surface area contributed by atoms with Crippen LogP contribution in [0.3, 0.4) is 0 Å². The Hall–Kier alpha value is -1.98. The van der Waals surface area contributed by atoms with Crippen LogP contribution < -0.4 is 20.1 Å². The number of ether oxygens (including phenoxy) is 2. The molecule has 0 aliphatic rings. The van der Waals surface area contributed by atoms with Crippen molar-refractivity contribution in [2.75, 3.05) is 19.5 Å². The van der Waals surface area contributed by atoms with Crippen LogP contribution in [0.1, 0.15) is 5.56 Å². The van der Waals surface area contributed by atoms with Gasteiger partial charge in [0, 0.05) is 12.2 Å². The van der Waals surface area contributed by atoms with Gasteiger partial charge in [0.05, 0.1) is 19.2 Å². The molecule has 0 saturated heterocycles. The van der Waals surface area contributed by atoms with E-state index >= 15 is 0 Å². The Morgan fingerprint density at radius 2 is 1.95 bits per heavy atom. The van der Waals surface area contributed by atoms with Crippen LogP contribution in [0.5, 0.6) is 11.5 Å². The van der Waals surface area contributed by atoms with E-state index in [4.69, 9.17) is 33.3 Å². The SMILES string of the molecule is COc1cccc(CNC(=S)Nc2ccc(OC)c(Cl)c2)c1. The lowest BCUT2D eigenvalue weighted by Gasteiger charge is -2.12. The topological polar surface area (TPSA) is 42.5 Å². The third-order valence-corrected chi connectivity index (χ3v) is 3.54. The molecule has 0 heterocycles. The minimum absolute atomic E-state index is 0.518. The molecule has 2 N–H and O–H groups in total. The number of anilines is 1. The molecule has 0 saturated carbocycles. The Bertz CT molecular complexity index is 664. The van der Waals surface area contributed by atoms with Crippen LogP contribution in [0.15, 0.2) is 42.5 Å². The minimum atomic E-state index is 0.518. The van der Waals surface area contributed by atoms with Crippen molar-refractivity contribution in [3.8, 4) is 11.5 Å². The number of halogens is 1. The van der Waals surface area contributed by atoms with Gasteiger partial charge in [0.1, 0.15) is 11.5 Å². The lowest BCUT2D eigenvalue weighted by molar-refractivity contribution is 0.414. The Morgan fingerprint density at radius 3 is 2.64 bits per heavy atom. The number of methoxy groups -OCH3 is 2. The van der Waals surface area contributed by atoms with Crippen LogP contribution in [-0.4, -0.2) is 19.3 Å². The van der Waals surface area contributed by atoms with Crippen LogP contribution in [0.25, 0.3) is 0 Å². The van der Waals surface area contributed by atoms with Crippen molar-refractivity contribution in [1.29, 1.82) is 0 Å². The Labute approximate surface area is 140 Å². The largest absolute Gasteiger partial charge is 0.497 e. The van der Waals surface area contributed by atoms with Crippen molar-refractivity contribution in [2.24, 2.45) is 0 Å². The van der Waals surface area contributed by atoms with E-state index in [9.17, 15) is 0 Å². The molecule has 0 aliphatic carbocycles. The van der Waals surface area contributed by atoms with E-state index in [1.54, 1.807) is 26.4 Å². The van der Waals surface area contributed by atoms with E-state index in [-0.39, 0.29) is 0 Å². The third kappa shape index (κ3) is 4.51. The van der Waals surface area contributed by atoms with Gasteiger partial charge in [0.15, 0.2) is 5.11 Å². The minimum Gasteiger partial charge on any atom is -0.497 e. The summed E-state index contributed by atoms with van der Waals surface area (Å²) < 4.78 is 10.3. The predicted molar refractivity (Wildman–Crippen MR) is 94.1 cm³/mol. The Kier molecular flexibility index (Phi) is 5.86. The van der Waals surface area contributed by atoms with Gasteiger partial charge in [-0.1, -0.05) is 23.7 Å². The average Bonchev–Trinajstić information content (AvgIpc) is 2.53. The summed E-state index contributed by atoms with van der Waals surface area (Å²) in [5, 5.41) is 7.27. The lowest BCUT2D eigenvalue weighted by atomic mass is 10.2. The van der Waals surface area contributed by atoms with Gasteiger partial charge in [-0.15, -0.1) is 0 Å². The molecule has 2 aromatic rings. The molecule has 0 aliphatic heterocycles. The van der Waals surface area contributed by atoms with Gasteiger partial charge in [0.25, 0.3) is 0 Å². The van der Waals surface area contributed by atoms with Crippen LogP contribution in [0.4, 0.5) is 5.69 Å². The highest BCUT2D eigenvalue weighted by molar-refractivity contribution is 7.80. The van der Waals surface area contributed by atoms with Crippen LogP contribution in [0.2, 0.25) is 5.02 Å². The van der Waals surface area contributed by atoms with Gasteiger partial charge in [-0.25, -0.2) is 0 Å². The first-order chi connectivity index (χ1) is 10.6. The highest BCUT2D eigenvalue weighted by atomic mass is 35.5. The second kappa shape index (κ2) is 7.87. The number of hydrogen-bond acceptors (Lipinski definition) is 3. The summed E-state index contributed by atoms with van der Waals surface area (Å²) in [5.74, 6) is 1.45. The first-order valence-corrected chi connectivity index (χ1v) is 7.42. The van der Waals surface area contributed by atoms with Gasteiger partial charge in [-0.05, 0) is 48.1 Å². The fourth-order valence-corrected chi connectivity index (χ4v) is 2.33. The van der Waals surface area contributed by atoms with Crippen LogP contribution in [0, 0.1) is 0 Å². The molecule has 0 aromatic heterocycles. The maximum Gasteiger partial charge on any atom is 0.171 e. The molecule has 0 spiro atoms. The van der Waals surface area contributed by atoms with Crippen molar-refractivity contribution < 1.29 is 9.47 Å². The first-order valence-electron chi connectivity index (χ1n) is 6.63. The molecule has 0 fully saturated rings. The predicted octanol–water partition coefficient (Wildman–Crippen LogP) is 3.84. The maximum atomic E-state index is 6.08. The monoisotopic (exact) mass is 336 g/mol. The van der Waals surface area contributed by atoms with Crippen molar-refractivity contribution in [2.45, 2.75) is 6.54 Å². The smallest absolute Gasteiger partial charge is 0.171 e. The molecular formula is C16H17ClN2O2S. The summed E-state index contributed by atoms with van der Waals surface area (Å²) in [4.78, 5) is 0. The van der Waals surface area contributed by atoms with E-state index in [0.717, 1.165) is 17.0 Å². The third-order valence-electron chi connectivity index (χ3n) is 3.00. The first kappa shape index (κ1) is 16.4. The molecular weight excluding hydrogens is 320 g/mol. The maximum absolute atomic E-state index is 6.08. The van der Waals surface area contributed by atoms with E-state index < -0.39 is 0 Å². The quantitative estimate of drug-likeness (QED) is 0.812. The zero-order valence-corrected chi connectivity index (χ0v) is 13.9. The standard InChI is InChI=1S/C16H17ClN2O2S/c1-20-13-5-3-4-11(8-13)10-18-16(22)19-12-6-7-15(21-2)14(17)9-12/h3-9H,10H2,1-2H3,(H2,18,19,22). The molecule has 0 unspecified atom stereocenters. The van der Waals surface area contributed by atoms with Gasteiger partial charge in [0.2, 0.25) is 0 Å². The van der Waals surface area contributed by atoms with Gasteiger partial charge in [-0.2, -0.15) is 0 Å². The summed E-state index contributed by atoms with van der Waals surface area (Å²) >= 11 is 11.3. The van der Waals surface area contributed by atoms with Crippen LogP contribution >= 0.6 is 23.8 Å². The molecule has 2 aromatic carbocycles. The highest BCUT2D eigenvalue weighted by Gasteiger charge is 2.03. The normalized spacial score (nSPS) is 9.95. The summed E-state index contributed by atoms with van der Waals surface area (Å²) in [5.41, 5.74) is 1.88. The van der Waals surface area contributed by atoms with Gasteiger partial charge in [-0.3, -0.25) is 0 Å². The molecule has 0 atom stereocenters. The molecule has 22 heavy (non-hydrogen) atoms. The van der Waals surface area contributed by atoms with E-state index in [1.165, 1.54) is 0 Å². The lowest BCUT2D eigenvalue weighted by Crippen LogP contribution is -2.27. The zero-order chi connectivity index (χ0) is 15.9.